The molecule has 3 aromatic rings. The molecule has 0 atom stereocenters. The molecule has 126 valence electrons. The highest BCUT2D eigenvalue weighted by Crippen LogP contribution is 2.16. The summed E-state index contributed by atoms with van der Waals surface area (Å²) >= 11 is 0. The van der Waals surface area contributed by atoms with Gasteiger partial charge < -0.3 is 5.32 Å². The molecule has 1 amide bonds. The van der Waals surface area contributed by atoms with Gasteiger partial charge in [-0.15, -0.1) is 0 Å². The summed E-state index contributed by atoms with van der Waals surface area (Å²) in [5, 5.41) is 12.8. The molecule has 0 radical (unpaired) electrons. The van der Waals surface area contributed by atoms with E-state index in [0.29, 0.717) is 19.5 Å². The zero-order valence-corrected chi connectivity index (χ0v) is 14.6. The second-order valence-corrected chi connectivity index (χ2v) is 6.23. The Bertz CT molecular complexity index is 890. The predicted molar refractivity (Wildman–Crippen MR) is 93.6 cm³/mol. The Kier molecular flexibility index (Phi) is 4.38. The van der Waals surface area contributed by atoms with Gasteiger partial charge in [0.25, 0.3) is 0 Å². The second-order valence-electron chi connectivity index (χ2n) is 6.23. The summed E-state index contributed by atoms with van der Waals surface area (Å²) in [6.45, 7) is 7.13. The number of amides is 1. The van der Waals surface area contributed by atoms with E-state index in [0.717, 1.165) is 27.9 Å². The number of rotatable bonds is 5. The van der Waals surface area contributed by atoms with Gasteiger partial charge in [-0.05, 0) is 32.9 Å². The van der Waals surface area contributed by atoms with Gasteiger partial charge in [-0.2, -0.15) is 10.2 Å². The van der Waals surface area contributed by atoms with Crippen LogP contribution in [-0.2, 0) is 24.9 Å². The molecule has 0 fully saturated rings. The van der Waals surface area contributed by atoms with Crippen molar-refractivity contribution in [1.29, 1.82) is 0 Å². The normalized spacial score (nSPS) is 11.2. The van der Waals surface area contributed by atoms with Crippen LogP contribution in [0.25, 0.3) is 10.9 Å². The lowest BCUT2D eigenvalue weighted by molar-refractivity contribution is -0.121. The number of carbonyl (C=O) groups is 1. The first-order valence-electron chi connectivity index (χ1n) is 8.13. The molecule has 0 aliphatic carbocycles. The first-order chi connectivity index (χ1) is 11.5. The van der Waals surface area contributed by atoms with Crippen LogP contribution in [0.2, 0.25) is 0 Å². The van der Waals surface area contributed by atoms with Gasteiger partial charge in [-0.25, -0.2) is 0 Å². The van der Waals surface area contributed by atoms with Crippen LogP contribution in [0.4, 0.5) is 0 Å². The smallest absolute Gasteiger partial charge is 0.222 e. The third-order valence-corrected chi connectivity index (χ3v) is 4.47. The minimum absolute atomic E-state index is 0.0217. The van der Waals surface area contributed by atoms with Crippen LogP contribution in [0.1, 0.15) is 28.9 Å². The molecule has 1 aromatic carbocycles. The minimum Gasteiger partial charge on any atom is -0.352 e. The lowest BCUT2D eigenvalue weighted by Crippen LogP contribution is -2.24. The van der Waals surface area contributed by atoms with Crippen molar-refractivity contribution in [3.05, 3.63) is 46.9 Å². The topological polar surface area (TPSA) is 64.7 Å². The van der Waals surface area contributed by atoms with Crippen molar-refractivity contribution in [2.45, 2.75) is 40.3 Å². The van der Waals surface area contributed by atoms with Gasteiger partial charge in [0.1, 0.15) is 0 Å². The Balaban J connectivity index is 1.59. The molecule has 6 nitrogen and oxygen atoms in total. The quantitative estimate of drug-likeness (QED) is 0.783. The van der Waals surface area contributed by atoms with Crippen LogP contribution in [-0.4, -0.2) is 25.5 Å². The zero-order valence-electron chi connectivity index (χ0n) is 14.6. The molecule has 0 aliphatic rings. The standard InChI is InChI=1S/C18H23N5O/c1-12-5-6-17-15(9-12)10-20-23(17)8-7-18(24)19-11-16-13(2)21-22(4)14(16)3/h5-6,9-10H,7-8,11H2,1-4H3,(H,19,24). The molecule has 6 heteroatoms. The number of hydrogen-bond acceptors (Lipinski definition) is 3. The fourth-order valence-corrected chi connectivity index (χ4v) is 2.94. The maximum absolute atomic E-state index is 12.2. The molecule has 0 saturated heterocycles. The van der Waals surface area contributed by atoms with Gasteiger partial charge >= 0.3 is 0 Å². The Hall–Kier alpha value is -2.63. The Morgan fingerprint density at radius 1 is 1.25 bits per heavy atom. The maximum atomic E-state index is 12.2. The van der Waals surface area contributed by atoms with Gasteiger partial charge in [-0.1, -0.05) is 11.6 Å². The summed E-state index contributed by atoms with van der Waals surface area (Å²) in [5.74, 6) is 0.0217. The molecule has 2 aromatic heterocycles. The number of nitrogens with one attached hydrogen (secondary N) is 1. The van der Waals surface area contributed by atoms with Gasteiger partial charge in [-0.3, -0.25) is 14.2 Å². The van der Waals surface area contributed by atoms with Gasteiger partial charge in [0.15, 0.2) is 0 Å². The van der Waals surface area contributed by atoms with Crippen molar-refractivity contribution in [2.24, 2.45) is 7.05 Å². The number of aromatic nitrogens is 4. The third-order valence-electron chi connectivity index (χ3n) is 4.47. The Morgan fingerprint density at radius 2 is 2.04 bits per heavy atom. The highest BCUT2D eigenvalue weighted by molar-refractivity contribution is 5.80. The number of benzene rings is 1. The summed E-state index contributed by atoms with van der Waals surface area (Å²) in [7, 11) is 1.91. The van der Waals surface area contributed by atoms with E-state index in [9.17, 15) is 4.79 Å². The van der Waals surface area contributed by atoms with Crippen molar-refractivity contribution in [3.63, 3.8) is 0 Å². The summed E-state index contributed by atoms with van der Waals surface area (Å²) in [6, 6.07) is 6.22. The number of hydrogen-bond donors (Lipinski definition) is 1. The monoisotopic (exact) mass is 325 g/mol. The fourth-order valence-electron chi connectivity index (χ4n) is 2.94. The lowest BCUT2D eigenvalue weighted by Gasteiger charge is -2.07. The number of aryl methyl sites for hydroxylation is 4. The minimum atomic E-state index is 0.0217. The van der Waals surface area contributed by atoms with E-state index in [1.165, 1.54) is 5.56 Å². The van der Waals surface area contributed by atoms with E-state index in [4.69, 9.17) is 0 Å². The SMILES string of the molecule is Cc1ccc2c(cnn2CCC(=O)NCc2c(C)nn(C)c2C)c1. The van der Waals surface area contributed by atoms with Gasteiger partial charge in [0.05, 0.1) is 24.0 Å². The van der Waals surface area contributed by atoms with Gasteiger partial charge in [0, 0.05) is 36.7 Å². The lowest BCUT2D eigenvalue weighted by atomic mass is 10.2. The summed E-state index contributed by atoms with van der Waals surface area (Å²) in [6.07, 6.45) is 2.26. The van der Waals surface area contributed by atoms with E-state index in [2.05, 4.69) is 40.6 Å². The predicted octanol–water partition coefficient (Wildman–Crippen LogP) is 2.40. The van der Waals surface area contributed by atoms with Crippen LogP contribution < -0.4 is 5.32 Å². The van der Waals surface area contributed by atoms with E-state index in [1.807, 2.05) is 36.5 Å². The second kappa shape index (κ2) is 6.47. The molecule has 0 saturated carbocycles. The average Bonchev–Trinajstić information content (AvgIpc) is 3.04. The van der Waals surface area contributed by atoms with Crippen molar-refractivity contribution in [1.82, 2.24) is 24.9 Å². The summed E-state index contributed by atoms with van der Waals surface area (Å²) in [4.78, 5) is 12.2. The van der Waals surface area contributed by atoms with Crippen LogP contribution in [0.5, 0.6) is 0 Å². The van der Waals surface area contributed by atoms with Gasteiger partial charge in [0.2, 0.25) is 5.91 Å². The third kappa shape index (κ3) is 3.18. The number of nitrogens with zero attached hydrogens (tertiary/aromatic N) is 4. The van der Waals surface area contributed by atoms with Crippen LogP contribution in [0, 0.1) is 20.8 Å². The largest absolute Gasteiger partial charge is 0.352 e. The summed E-state index contributed by atoms with van der Waals surface area (Å²) in [5.41, 5.74) is 5.41. The van der Waals surface area contributed by atoms with E-state index in [-0.39, 0.29) is 5.91 Å². The Morgan fingerprint density at radius 3 is 2.75 bits per heavy atom. The molecule has 2 heterocycles. The molecule has 3 rings (SSSR count). The van der Waals surface area contributed by atoms with Crippen LogP contribution in [0.3, 0.4) is 0 Å². The molecule has 0 spiro atoms. The average molecular weight is 325 g/mol. The number of carbonyl (C=O) groups excluding carboxylic acids is 1. The van der Waals surface area contributed by atoms with E-state index < -0.39 is 0 Å². The first kappa shape index (κ1) is 16.2. The van der Waals surface area contributed by atoms with Crippen molar-refractivity contribution < 1.29 is 4.79 Å². The zero-order chi connectivity index (χ0) is 17.3. The molecule has 0 bridgehead atoms. The van der Waals surface area contributed by atoms with Crippen molar-refractivity contribution in [2.75, 3.05) is 0 Å². The highest BCUT2D eigenvalue weighted by atomic mass is 16.1. The van der Waals surface area contributed by atoms with Crippen LogP contribution in [0.15, 0.2) is 24.4 Å². The fraction of sp³-hybridized carbons (Fsp3) is 0.389. The molecule has 0 aliphatic heterocycles. The van der Waals surface area contributed by atoms with Crippen LogP contribution >= 0.6 is 0 Å². The molecule has 24 heavy (non-hydrogen) atoms. The maximum Gasteiger partial charge on any atom is 0.222 e. The first-order valence-corrected chi connectivity index (χ1v) is 8.13. The molecule has 0 unspecified atom stereocenters. The molecular formula is C18H23N5O. The summed E-state index contributed by atoms with van der Waals surface area (Å²) < 4.78 is 3.73. The highest BCUT2D eigenvalue weighted by Gasteiger charge is 2.11. The van der Waals surface area contributed by atoms with Crippen molar-refractivity contribution >= 4 is 16.8 Å². The van der Waals surface area contributed by atoms with E-state index >= 15 is 0 Å². The van der Waals surface area contributed by atoms with E-state index in [1.54, 1.807) is 0 Å². The van der Waals surface area contributed by atoms with Crippen molar-refractivity contribution in [3.8, 4) is 0 Å². The molecule has 1 N–H and O–H groups in total. The Labute approximate surface area is 141 Å². The molecular weight excluding hydrogens is 302 g/mol. The number of fused-ring (bicyclic) bond motifs is 1.